The lowest BCUT2D eigenvalue weighted by molar-refractivity contribution is 0.104. The highest BCUT2D eigenvalue weighted by molar-refractivity contribution is 6.30. The van der Waals surface area contributed by atoms with Crippen LogP contribution < -0.4 is 10.1 Å². The summed E-state index contributed by atoms with van der Waals surface area (Å²) in [5, 5.41) is 13.9. The van der Waals surface area contributed by atoms with Gasteiger partial charge in [0.15, 0.2) is 0 Å². The van der Waals surface area contributed by atoms with E-state index in [1.807, 2.05) is 0 Å². The Balaban J connectivity index is 1.57. The van der Waals surface area contributed by atoms with E-state index in [2.05, 4.69) is 17.3 Å². The third-order valence-electron chi connectivity index (χ3n) is 3.91. The molecule has 1 aromatic rings. The van der Waals surface area contributed by atoms with Crippen molar-refractivity contribution in [3.05, 3.63) is 29.3 Å². The van der Waals surface area contributed by atoms with Gasteiger partial charge in [0, 0.05) is 11.6 Å². The summed E-state index contributed by atoms with van der Waals surface area (Å²) in [6.07, 6.45) is 1.98. The van der Waals surface area contributed by atoms with Crippen molar-refractivity contribution in [2.75, 3.05) is 39.8 Å². The number of piperidine rings is 1. The third kappa shape index (κ3) is 6.22. The number of rotatable bonds is 7. The molecule has 0 saturated carbocycles. The molecular formula is C16H25ClN2O2. The molecule has 0 spiro atoms. The molecule has 2 N–H and O–H groups in total. The number of aliphatic hydroxyl groups excluding tert-OH is 1. The van der Waals surface area contributed by atoms with E-state index >= 15 is 0 Å². The average Bonchev–Trinajstić information content (AvgIpc) is 2.49. The number of ether oxygens (including phenoxy) is 1. The molecule has 0 radical (unpaired) electrons. The second kappa shape index (κ2) is 8.59. The summed E-state index contributed by atoms with van der Waals surface area (Å²) in [6.45, 7) is 4.19. The van der Waals surface area contributed by atoms with Gasteiger partial charge in [-0.05, 0) is 69.7 Å². The van der Waals surface area contributed by atoms with Crippen LogP contribution in [0.25, 0.3) is 0 Å². The van der Waals surface area contributed by atoms with E-state index in [1.165, 1.54) is 25.9 Å². The summed E-state index contributed by atoms with van der Waals surface area (Å²) >= 11 is 5.81. The lowest BCUT2D eigenvalue weighted by atomic mass is 9.97. The Hall–Kier alpha value is -0.810. The van der Waals surface area contributed by atoms with Gasteiger partial charge in [0.1, 0.15) is 18.5 Å². The number of aliphatic hydroxyl groups is 1. The molecule has 2 rings (SSSR count). The van der Waals surface area contributed by atoms with Gasteiger partial charge in [-0.2, -0.15) is 0 Å². The standard InChI is InChI=1S/C16H25ClN2O2/c1-19-8-6-13(7-9-19)10-18-11-15(20)12-21-16-4-2-14(17)3-5-16/h2-5,13,15,18,20H,6-12H2,1H3. The zero-order chi connectivity index (χ0) is 15.1. The van der Waals surface area contributed by atoms with E-state index in [0.717, 1.165) is 18.2 Å². The van der Waals surface area contributed by atoms with Crippen molar-refractivity contribution < 1.29 is 9.84 Å². The van der Waals surface area contributed by atoms with Crippen molar-refractivity contribution in [3.8, 4) is 5.75 Å². The van der Waals surface area contributed by atoms with Crippen LogP contribution in [0.1, 0.15) is 12.8 Å². The van der Waals surface area contributed by atoms with Gasteiger partial charge in [-0.1, -0.05) is 11.6 Å². The molecule has 1 fully saturated rings. The lowest BCUT2D eigenvalue weighted by Gasteiger charge is -2.29. The van der Waals surface area contributed by atoms with E-state index in [1.54, 1.807) is 24.3 Å². The zero-order valence-electron chi connectivity index (χ0n) is 12.6. The minimum Gasteiger partial charge on any atom is -0.491 e. The van der Waals surface area contributed by atoms with Crippen LogP contribution in [0.2, 0.25) is 5.02 Å². The molecule has 1 heterocycles. The minimum atomic E-state index is -0.494. The van der Waals surface area contributed by atoms with Crippen LogP contribution >= 0.6 is 11.6 Å². The molecule has 0 aliphatic carbocycles. The van der Waals surface area contributed by atoms with Gasteiger partial charge in [0.05, 0.1) is 0 Å². The largest absolute Gasteiger partial charge is 0.491 e. The molecule has 0 amide bonds. The van der Waals surface area contributed by atoms with Crippen molar-refractivity contribution >= 4 is 11.6 Å². The summed E-state index contributed by atoms with van der Waals surface area (Å²) in [6, 6.07) is 7.17. The third-order valence-corrected chi connectivity index (χ3v) is 4.16. The predicted molar refractivity (Wildman–Crippen MR) is 86.0 cm³/mol. The zero-order valence-corrected chi connectivity index (χ0v) is 13.4. The van der Waals surface area contributed by atoms with Crippen LogP contribution in [0, 0.1) is 5.92 Å². The molecule has 0 bridgehead atoms. The van der Waals surface area contributed by atoms with E-state index in [0.29, 0.717) is 18.2 Å². The Morgan fingerprint density at radius 1 is 1.33 bits per heavy atom. The van der Waals surface area contributed by atoms with Crippen molar-refractivity contribution in [3.63, 3.8) is 0 Å². The fourth-order valence-electron chi connectivity index (χ4n) is 2.50. The van der Waals surface area contributed by atoms with Gasteiger partial charge in [0.2, 0.25) is 0 Å². The number of halogens is 1. The Kier molecular flexibility index (Phi) is 6.77. The smallest absolute Gasteiger partial charge is 0.119 e. The topological polar surface area (TPSA) is 44.7 Å². The Labute approximate surface area is 132 Å². The van der Waals surface area contributed by atoms with E-state index < -0.39 is 6.10 Å². The number of hydrogen-bond donors (Lipinski definition) is 2. The van der Waals surface area contributed by atoms with Gasteiger partial charge in [-0.15, -0.1) is 0 Å². The molecule has 1 aliphatic rings. The van der Waals surface area contributed by atoms with E-state index in [-0.39, 0.29) is 0 Å². The predicted octanol–water partition coefficient (Wildman–Crippen LogP) is 2.01. The number of hydrogen-bond acceptors (Lipinski definition) is 4. The summed E-state index contributed by atoms with van der Waals surface area (Å²) in [4.78, 5) is 2.37. The van der Waals surface area contributed by atoms with Crippen molar-refractivity contribution in [1.29, 1.82) is 0 Å². The maximum absolute atomic E-state index is 9.91. The van der Waals surface area contributed by atoms with E-state index in [4.69, 9.17) is 16.3 Å². The number of benzene rings is 1. The molecule has 0 aromatic heterocycles. The minimum absolute atomic E-state index is 0.294. The molecule has 1 aliphatic heterocycles. The summed E-state index contributed by atoms with van der Waals surface area (Å²) in [5.74, 6) is 1.46. The van der Waals surface area contributed by atoms with Crippen LogP contribution in [0.15, 0.2) is 24.3 Å². The van der Waals surface area contributed by atoms with Crippen LogP contribution in [0.5, 0.6) is 5.75 Å². The van der Waals surface area contributed by atoms with Gasteiger partial charge >= 0.3 is 0 Å². The molecular weight excluding hydrogens is 288 g/mol. The molecule has 1 unspecified atom stereocenters. The normalized spacial score (nSPS) is 18.6. The highest BCUT2D eigenvalue weighted by atomic mass is 35.5. The fraction of sp³-hybridized carbons (Fsp3) is 0.625. The maximum Gasteiger partial charge on any atom is 0.119 e. The molecule has 4 nitrogen and oxygen atoms in total. The molecule has 21 heavy (non-hydrogen) atoms. The first-order chi connectivity index (χ1) is 10.1. The number of likely N-dealkylation sites (tertiary alicyclic amines) is 1. The highest BCUT2D eigenvalue weighted by Crippen LogP contribution is 2.16. The lowest BCUT2D eigenvalue weighted by Crippen LogP contribution is -2.38. The molecule has 1 aromatic carbocycles. The average molecular weight is 313 g/mol. The SMILES string of the molecule is CN1CCC(CNCC(O)COc2ccc(Cl)cc2)CC1. The molecule has 1 atom stereocenters. The Morgan fingerprint density at radius 3 is 2.67 bits per heavy atom. The quantitative estimate of drug-likeness (QED) is 0.808. The Bertz CT molecular complexity index is 405. The van der Waals surface area contributed by atoms with Crippen molar-refractivity contribution in [2.24, 2.45) is 5.92 Å². The molecule has 5 heteroatoms. The fourth-order valence-corrected chi connectivity index (χ4v) is 2.63. The highest BCUT2D eigenvalue weighted by Gasteiger charge is 2.16. The van der Waals surface area contributed by atoms with Gasteiger partial charge < -0.3 is 20.1 Å². The second-order valence-corrected chi connectivity index (χ2v) is 6.26. The maximum atomic E-state index is 9.91. The van der Waals surface area contributed by atoms with Crippen LogP contribution in [0.3, 0.4) is 0 Å². The number of nitrogens with one attached hydrogen (secondary N) is 1. The summed E-state index contributed by atoms with van der Waals surface area (Å²) in [7, 11) is 2.17. The van der Waals surface area contributed by atoms with Crippen LogP contribution in [0.4, 0.5) is 0 Å². The first-order valence-corrected chi connectivity index (χ1v) is 7.97. The van der Waals surface area contributed by atoms with E-state index in [9.17, 15) is 5.11 Å². The summed E-state index contributed by atoms with van der Waals surface area (Å²) in [5.41, 5.74) is 0. The van der Waals surface area contributed by atoms with Gasteiger partial charge in [-0.3, -0.25) is 0 Å². The second-order valence-electron chi connectivity index (χ2n) is 5.82. The monoisotopic (exact) mass is 312 g/mol. The van der Waals surface area contributed by atoms with Crippen LogP contribution in [-0.4, -0.2) is 55.9 Å². The van der Waals surface area contributed by atoms with Crippen molar-refractivity contribution in [1.82, 2.24) is 10.2 Å². The molecule has 1 saturated heterocycles. The first kappa shape index (κ1) is 16.6. The first-order valence-electron chi connectivity index (χ1n) is 7.59. The Morgan fingerprint density at radius 2 is 2.00 bits per heavy atom. The van der Waals surface area contributed by atoms with Crippen molar-refractivity contribution in [2.45, 2.75) is 18.9 Å². The van der Waals surface area contributed by atoms with Gasteiger partial charge in [0.25, 0.3) is 0 Å². The number of nitrogens with zero attached hydrogens (tertiary/aromatic N) is 1. The van der Waals surface area contributed by atoms with Crippen LogP contribution in [-0.2, 0) is 0 Å². The molecule has 118 valence electrons. The summed E-state index contributed by atoms with van der Waals surface area (Å²) < 4.78 is 5.52. The van der Waals surface area contributed by atoms with Gasteiger partial charge in [-0.25, -0.2) is 0 Å².